The van der Waals surface area contributed by atoms with Gasteiger partial charge in [-0.3, -0.25) is 20.4 Å². The Hall–Kier alpha value is -2.60. The summed E-state index contributed by atoms with van der Waals surface area (Å²) in [7, 11) is 0. The fourth-order valence-electron chi connectivity index (χ4n) is 3.26. The van der Waals surface area contributed by atoms with E-state index in [9.17, 15) is 9.59 Å². The van der Waals surface area contributed by atoms with Crippen molar-refractivity contribution < 1.29 is 9.59 Å². The average molecular weight is 353 g/mol. The summed E-state index contributed by atoms with van der Waals surface area (Å²) in [5.41, 5.74) is 7.58. The second kappa shape index (κ2) is 6.37. The fraction of sp³-hybridized carbons (Fsp3) is 0.263. The largest absolute Gasteiger partial charge is 0.350 e. The molecule has 1 aliphatic carbocycles. The van der Waals surface area contributed by atoms with Gasteiger partial charge in [-0.2, -0.15) is 0 Å². The van der Waals surface area contributed by atoms with Gasteiger partial charge in [0.25, 0.3) is 11.8 Å². The SMILES string of the molecule is C[C@H]1CCc2sc(C(=O)NNC(=O)c3cc4ccccc4[nH]3)cc2C1. The Balaban J connectivity index is 1.42. The van der Waals surface area contributed by atoms with Gasteiger partial charge in [0.15, 0.2) is 0 Å². The molecule has 2 heterocycles. The van der Waals surface area contributed by atoms with Crippen LogP contribution in [0.5, 0.6) is 0 Å². The molecule has 2 amide bonds. The van der Waals surface area contributed by atoms with E-state index in [1.165, 1.54) is 28.2 Å². The van der Waals surface area contributed by atoms with Crippen LogP contribution in [0.25, 0.3) is 10.9 Å². The predicted octanol–water partition coefficient (Wildman–Crippen LogP) is 3.43. The lowest BCUT2D eigenvalue weighted by atomic mass is 9.90. The highest BCUT2D eigenvalue weighted by molar-refractivity contribution is 7.14. The monoisotopic (exact) mass is 353 g/mol. The molecule has 128 valence electrons. The van der Waals surface area contributed by atoms with Crippen molar-refractivity contribution in [2.45, 2.75) is 26.2 Å². The highest BCUT2D eigenvalue weighted by Gasteiger charge is 2.21. The van der Waals surface area contributed by atoms with Gasteiger partial charge in [-0.05, 0) is 48.9 Å². The fourth-order valence-corrected chi connectivity index (χ4v) is 4.36. The summed E-state index contributed by atoms with van der Waals surface area (Å²) in [5.74, 6) is 0.0377. The number of hydrogen-bond acceptors (Lipinski definition) is 3. The summed E-state index contributed by atoms with van der Waals surface area (Å²) in [5, 5.41) is 0.957. The number of aromatic nitrogens is 1. The van der Waals surface area contributed by atoms with Gasteiger partial charge in [-0.15, -0.1) is 11.3 Å². The Morgan fingerprint density at radius 1 is 1.16 bits per heavy atom. The minimum atomic E-state index is -0.362. The predicted molar refractivity (Wildman–Crippen MR) is 98.7 cm³/mol. The number of nitrogens with one attached hydrogen (secondary N) is 3. The van der Waals surface area contributed by atoms with Gasteiger partial charge in [0.1, 0.15) is 5.69 Å². The molecular weight excluding hydrogens is 334 g/mol. The molecule has 3 N–H and O–H groups in total. The van der Waals surface area contributed by atoms with E-state index in [0.717, 1.165) is 23.7 Å². The highest BCUT2D eigenvalue weighted by Crippen LogP contribution is 2.32. The van der Waals surface area contributed by atoms with E-state index < -0.39 is 0 Å². The van der Waals surface area contributed by atoms with Crippen LogP contribution >= 0.6 is 11.3 Å². The summed E-state index contributed by atoms with van der Waals surface area (Å²) in [6.45, 7) is 2.24. The van der Waals surface area contributed by atoms with Crippen LogP contribution in [0, 0.1) is 5.92 Å². The van der Waals surface area contributed by atoms with Crippen molar-refractivity contribution >= 4 is 34.1 Å². The zero-order valence-electron chi connectivity index (χ0n) is 13.9. The summed E-state index contributed by atoms with van der Waals surface area (Å²) in [6, 6.07) is 11.4. The van der Waals surface area contributed by atoms with Crippen LogP contribution in [0.1, 0.15) is 43.9 Å². The third kappa shape index (κ3) is 3.17. The van der Waals surface area contributed by atoms with Crippen LogP contribution in [0.15, 0.2) is 36.4 Å². The Labute approximate surface area is 149 Å². The van der Waals surface area contributed by atoms with Crippen molar-refractivity contribution in [3.05, 3.63) is 57.4 Å². The Morgan fingerprint density at radius 3 is 2.80 bits per heavy atom. The van der Waals surface area contributed by atoms with E-state index in [1.54, 1.807) is 6.07 Å². The van der Waals surface area contributed by atoms with Gasteiger partial charge in [0.05, 0.1) is 4.88 Å². The molecule has 4 rings (SSSR count). The standard InChI is InChI=1S/C19H19N3O2S/c1-11-6-7-16-13(8-11)10-17(25-16)19(24)22-21-18(23)15-9-12-4-2-3-5-14(12)20-15/h2-5,9-11,20H,6-8H2,1H3,(H,21,23)(H,22,24)/t11-/m0/s1. The number of hydrazine groups is 1. The van der Waals surface area contributed by atoms with Crippen molar-refractivity contribution in [1.29, 1.82) is 0 Å². The second-order valence-corrected chi connectivity index (χ2v) is 7.72. The number of aromatic amines is 1. The zero-order chi connectivity index (χ0) is 17.4. The Morgan fingerprint density at radius 2 is 1.96 bits per heavy atom. The molecular formula is C19H19N3O2S. The number of hydrogen-bond donors (Lipinski definition) is 3. The number of aryl methyl sites for hydroxylation is 1. The van der Waals surface area contributed by atoms with Gasteiger partial charge >= 0.3 is 0 Å². The lowest BCUT2D eigenvalue weighted by molar-refractivity contribution is 0.0846. The number of fused-ring (bicyclic) bond motifs is 2. The van der Waals surface area contributed by atoms with Crippen molar-refractivity contribution in [3.8, 4) is 0 Å². The molecule has 0 fully saturated rings. The molecule has 3 aromatic rings. The number of amides is 2. The maximum Gasteiger partial charge on any atom is 0.286 e. The van der Waals surface area contributed by atoms with Crippen molar-refractivity contribution in [2.24, 2.45) is 5.92 Å². The first kappa shape index (κ1) is 15.9. The van der Waals surface area contributed by atoms with E-state index in [4.69, 9.17) is 0 Å². The molecule has 0 aliphatic heterocycles. The van der Waals surface area contributed by atoms with Crippen molar-refractivity contribution in [1.82, 2.24) is 15.8 Å². The zero-order valence-corrected chi connectivity index (χ0v) is 14.7. The first-order valence-corrected chi connectivity index (χ1v) is 9.22. The van der Waals surface area contributed by atoms with E-state index in [1.807, 2.05) is 30.3 Å². The lowest BCUT2D eigenvalue weighted by Gasteiger charge is -2.16. The molecule has 6 heteroatoms. The Bertz CT molecular complexity index is 924. The van der Waals surface area contributed by atoms with Gasteiger partial charge in [-0.1, -0.05) is 25.1 Å². The highest BCUT2D eigenvalue weighted by atomic mass is 32.1. The molecule has 0 saturated heterocycles. The van der Waals surface area contributed by atoms with Gasteiger partial charge in [0.2, 0.25) is 0 Å². The molecule has 1 aromatic carbocycles. The number of thiophene rings is 1. The van der Waals surface area contributed by atoms with E-state index in [-0.39, 0.29) is 11.8 Å². The molecule has 0 bridgehead atoms. The van der Waals surface area contributed by atoms with Crippen molar-refractivity contribution in [3.63, 3.8) is 0 Å². The maximum atomic E-state index is 12.3. The smallest absolute Gasteiger partial charge is 0.286 e. The molecule has 1 aliphatic rings. The minimum Gasteiger partial charge on any atom is -0.350 e. The average Bonchev–Trinajstić information content (AvgIpc) is 3.22. The number of carbonyl (C=O) groups excluding carboxylic acids is 2. The van der Waals surface area contributed by atoms with Crippen LogP contribution in [0.2, 0.25) is 0 Å². The summed E-state index contributed by atoms with van der Waals surface area (Å²) in [4.78, 5) is 29.5. The molecule has 0 saturated carbocycles. The summed E-state index contributed by atoms with van der Waals surface area (Å²) < 4.78 is 0. The second-order valence-electron chi connectivity index (χ2n) is 6.59. The number of H-pyrrole nitrogens is 1. The van der Waals surface area contributed by atoms with Gasteiger partial charge in [0, 0.05) is 15.8 Å². The van der Waals surface area contributed by atoms with E-state index in [2.05, 4.69) is 22.8 Å². The minimum absolute atomic E-state index is 0.267. The quantitative estimate of drug-likeness (QED) is 0.618. The number of rotatable bonds is 2. The Kier molecular flexibility index (Phi) is 4.05. The molecule has 1 atom stereocenters. The van der Waals surface area contributed by atoms with Crippen LogP contribution < -0.4 is 10.9 Å². The lowest BCUT2D eigenvalue weighted by Crippen LogP contribution is -2.41. The topological polar surface area (TPSA) is 74.0 Å². The van der Waals surface area contributed by atoms with E-state index >= 15 is 0 Å². The van der Waals surface area contributed by atoms with Crippen LogP contribution in [0.3, 0.4) is 0 Å². The molecule has 0 radical (unpaired) electrons. The summed E-state index contributed by atoms with van der Waals surface area (Å²) >= 11 is 1.53. The first-order chi connectivity index (χ1) is 12.1. The number of carbonyl (C=O) groups is 2. The van der Waals surface area contributed by atoms with Crippen LogP contribution in [-0.4, -0.2) is 16.8 Å². The first-order valence-electron chi connectivity index (χ1n) is 8.40. The molecule has 0 spiro atoms. The normalized spacial score (nSPS) is 16.4. The summed E-state index contributed by atoms with van der Waals surface area (Å²) in [6.07, 6.45) is 3.24. The van der Waals surface area contributed by atoms with Crippen molar-refractivity contribution in [2.75, 3.05) is 0 Å². The van der Waals surface area contributed by atoms with Crippen LogP contribution in [0.4, 0.5) is 0 Å². The number of para-hydroxylation sites is 1. The van der Waals surface area contributed by atoms with Crippen LogP contribution in [-0.2, 0) is 12.8 Å². The molecule has 2 aromatic heterocycles. The third-order valence-electron chi connectivity index (χ3n) is 4.62. The molecule has 0 unspecified atom stereocenters. The van der Waals surface area contributed by atoms with Gasteiger partial charge in [-0.25, -0.2) is 0 Å². The third-order valence-corrected chi connectivity index (χ3v) is 5.85. The van der Waals surface area contributed by atoms with E-state index in [0.29, 0.717) is 16.5 Å². The molecule has 25 heavy (non-hydrogen) atoms. The number of benzene rings is 1. The maximum absolute atomic E-state index is 12.3. The van der Waals surface area contributed by atoms with Gasteiger partial charge < -0.3 is 4.98 Å². The molecule has 5 nitrogen and oxygen atoms in total.